The number of piperazine rings is 1. The van der Waals surface area contributed by atoms with Crippen molar-refractivity contribution in [1.29, 1.82) is 0 Å². The van der Waals surface area contributed by atoms with Crippen LogP contribution < -0.4 is 10.4 Å². The SMILES string of the molecule is Cc1nc(N2CCN(C)CC2)ccc1B1OC(C)(C)C(C)(C)O1. The van der Waals surface area contributed by atoms with Crippen LogP contribution in [0, 0.1) is 6.92 Å². The van der Waals surface area contributed by atoms with Crippen LogP contribution in [-0.4, -0.2) is 61.4 Å². The van der Waals surface area contributed by atoms with Crippen molar-refractivity contribution in [2.45, 2.75) is 45.8 Å². The van der Waals surface area contributed by atoms with Gasteiger partial charge >= 0.3 is 7.12 Å². The van der Waals surface area contributed by atoms with Gasteiger partial charge in [-0.25, -0.2) is 4.98 Å². The van der Waals surface area contributed by atoms with Gasteiger partial charge in [-0.3, -0.25) is 0 Å². The Hall–Kier alpha value is -1.11. The molecule has 3 heterocycles. The molecule has 0 N–H and O–H groups in total. The van der Waals surface area contributed by atoms with Crippen molar-refractivity contribution < 1.29 is 9.31 Å². The number of aromatic nitrogens is 1. The zero-order chi connectivity index (χ0) is 16.8. The molecular formula is C17H28BN3O2. The van der Waals surface area contributed by atoms with Crippen LogP contribution in [0.3, 0.4) is 0 Å². The van der Waals surface area contributed by atoms with Crippen molar-refractivity contribution >= 4 is 18.4 Å². The summed E-state index contributed by atoms with van der Waals surface area (Å²) in [6.07, 6.45) is 0. The van der Waals surface area contributed by atoms with E-state index in [0.29, 0.717) is 0 Å². The van der Waals surface area contributed by atoms with E-state index < -0.39 is 0 Å². The van der Waals surface area contributed by atoms with Crippen LogP contribution in [0.25, 0.3) is 0 Å². The van der Waals surface area contributed by atoms with Gasteiger partial charge in [-0.15, -0.1) is 0 Å². The van der Waals surface area contributed by atoms with Gasteiger partial charge in [0.25, 0.3) is 0 Å². The lowest BCUT2D eigenvalue weighted by atomic mass is 9.78. The first-order valence-corrected chi connectivity index (χ1v) is 8.46. The quantitative estimate of drug-likeness (QED) is 0.772. The molecule has 2 fully saturated rings. The molecule has 0 amide bonds. The minimum atomic E-state index is -0.339. The summed E-state index contributed by atoms with van der Waals surface area (Å²) in [5, 5.41) is 0. The molecule has 2 aliphatic heterocycles. The minimum absolute atomic E-state index is 0.319. The number of likely N-dealkylation sites (N-methyl/N-ethyl adjacent to an activating group) is 1. The molecule has 2 aliphatic rings. The molecule has 5 nitrogen and oxygen atoms in total. The average Bonchev–Trinajstić information content (AvgIpc) is 2.68. The fourth-order valence-electron chi connectivity index (χ4n) is 2.99. The fraction of sp³-hybridized carbons (Fsp3) is 0.706. The van der Waals surface area contributed by atoms with Crippen molar-refractivity contribution in [2.75, 3.05) is 38.1 Å². The van der Waals surface area contributed by atoms with E-state index in [2.05, 4.69) is 56.7 Å². The van der Waals surface area contributed by atoms with Gasteiger partial charge in [0.15, 0.2) is 0 Å². The van der Waals surface area contributed by atoms with Crippen molar-refractivity contribution in [3.05, 3.63) is 17.8 Å². The molecule has 1 aromatic heterocycles. The highest BCUT2D eigenvalue weighted by atomic mass is 16.7. The smallest absolute Gasteiger partial charge is 0.399 e. The van der Waals surface area contributed by atoms with Crippen LogP contribution in [0.2, 0.25) is 0 Å². The lowest BCUT2D eigenvalue weighted by Gasteiger charge is -2.33. The van der Waals surface area contributed by atoms with E-state index in [1.165, 1.54) is 0 Å². The van der Waals surface area contributed by atoms with E-state index in [1.54, 1.807) is 0 Å². The molecule has 0 aliphatic carbocycles. The summed E-state index contributed by atoms with van der Waals surface area (Å²) in [5.74, 6) is 1.05. The summed E-state index contributed by atoms with van der Waals surface area (Å²) in [6.45, 7) is 14.6. The Labute approximate surface area is 140 Å². The summed E-state index contributed by atoms with van der Waals surface area (Å²) in [4.78, 5) is 9.51. The Kier molecular flexibility index (Phi) is 4.19. The molecule has 1 aromatic rings. The molecule has 126 valence electrons. The van der Waals surface area contributed by atoms with E-state index in [4.69, 9.17) is 14.3 Å². The molecule has 0 saturated carbocycles. The molecule has 23 heavy (non-hydrogen) atoms. The van der Waals surface area contributed by atoms with Crippen LogP contribution >= 0.6 is 0 Å². The van der Waals surface area contributed by atoms with E-state index >= 15 is 0 Å². The highest BCUT2D eigenvalue weighted by Crippen LogP contribution is 2.36. The van der Waals surface area contributed by atoms with Crippen molar-refractivity contribution in [3.8, 4) is 0 Å². The average molecular weight is 317 g/mol. The van der Waals surface area contributed by atoms with Gasteiger partial charge in [-0.1, -0.05) is 6.07 Å². The zero-order valence-electron chi connectivity index (χ0n) is 15.2. The molecular weight excluding hydrogens is 289 g/mol. The summed E-state index contributed by atoms with van der Waals surface area (Å²) in [6, 6.07) is 4.21. The number of pyridine rings is 1. The van der Waals surface area contributed by atoms with Crippen LogP contribution in [-0.2, 0) is 9.31 Å². The lowest BCUT2D eigenvalue weighted by molar-refractivity contribution is 0.00578. The first-order chi connectivity index (χ1) is 10.7. The van der Waals surface area contributed by atoms with Crippen LogP contribution in [0.1, 0.15) is 33.4 Å². The van der Waals surface area contributed by atoms with Gasteiger partial charge in [0.1, 0.15) is 5.82 Å². The van der Waals surface area contributed by atoms with Crippen molar-refractivity contribution in [3.63, 3.8) is 0 Å². The third-order valence-electron chi connectivity index (χ3n) is 5.45. The van der Waals surface area contributed by atoms with E-state index in [-0.39, 0.29) is 18.3 Å². The fourth-order valence-corrected chi connectivity index (χ4v) is 2.99. The summed E-state index contributed by atoms with van der Waals surface area (Å²) >= 11 is 0. The Bertz CT molecular complexity index is 567. The van der Waals surface area contributed by atoms with Gasteiger partial charge in [0.05, 0.1) is 11.2 Å². The van der Waals surface area contributed by atoms with Gasteiger partial charge in [0, 0.05) is 37.3 Å². The number of nitrogens with zero attached hydrogens (tertiary/aromatic N) is 3. The molecule has 3 rings (SSSR count). The monoisotopic (exact) mass is 317 g/mol. The van der Waals surface area contributed by atoms with E-state index in [1.807, 2.05) is 6.92 Å². The highest BCUT2D eigenvalue weighted by Gasteiger charge is 2.52. The van der Waals surface area contributed by atoms with Crippen molar-refractivity contribution in [2.24, 2.45) is 0 Å². The van der Waals surface area contributed by atoms with E-state index in [0.717, 1.165) is 43.2 Å². The molecule has 0 spiro atoms. The first-order valence-electron chi connectivity index (χ1n) is 8.46. The maximum absolute atomic E-state index is 6.15. The summed E-state index contributed by atoms with van der Waals surface area (Å²) < 4.78 is 12.3. The maximum atomic E-state index is 6.15. The third-order valence-corrected chi connectivity index (χ3v) is 5.45. The van der Waals surface area contributed by atoms with Crippen molar-refractivity contribution in [1.82, 2.24) is 9.88 Å². The summed E-state index contributed by atoms with van der Waals surface area (Å²) in [7, 11) is 1.83. The number of anilines is 1. The number of hydrogen-bond acceptors (Lipinski definition) is 5. The maximum Gasteiger partial charge on any atom is 0.496 e. The molecule has 0 atom stereocenters. The van der Waals surface area contributed by atoms with Gasteiger partial charge in [0.2, 0.25) is 0 Å². The molecule has 6 heteroatoms. The number of hydrogen-bond donors (Lipinski definition) is 0. The third kappa shape index (κ3) is 3.12. The van der Waals surface area contributed by atoms with Gasteiger partial charge < -0.3 is 19.1 Å². The standard InChI is InChI=1S/C17H28BN3O2/c1-13-14(18-22-16(2,3)17(4,5)23-18)7-8-15(19-13)21-11-9-20(6)10-12-21/h7-8H,9-12H2,1-6H3. The Morgan fingerprint density at radius 2 is 1.57 bits per heavy atom. The molecule has 0 unspecified atom stereocenters. The normalized spacial score (nSPS) is 24.3. The largest absolute Gasteiger partial charge is 0.496 e. The molecule has 2 saturated heterocycles. The van der Waals surface area contributed by atoms with Gasteiger partial charge in [-0.2, -0.15) is 0 Å². The second kappa shape index (κ2) is 5.76. The second-order valence-electron chi connectivity index (χ2n) is 7.72. The zero-order valence-corrected chi connectivity index (χ0v) is 15.2. The Morgan fingerprint density at radius 3 is 2.09 bits per heavy atom. The molecule has 0 aromatic carbocycles. The number of rotatable bonds is 2. The van der Waals surface area contributed by atoms with Crippen LogP contribution in [0.5, 0.6) is 0 Å². The Balaban J connectivity index is 1.78. The van der Waals surface area contributed by atoms with Gasteiger partial charge in [-0.05, 0) is 47.7 Å². The number of aryl methyl sites for hydroxylation is 1. The topological polar surface area (TPSA) is 37.8 Å². The highest BCUT2D eigenvalue weighted by molar-refractivity contribution is 6.62. The Morgan fingerprint density at radius 1 is 1.00 bits per heavy atom. The lowest BCUT2D eigenvalue weighted by Crippen LogP contribution is -2.45. The molecule has 0 radical (unpaired) electrons. The molecule has 0 bridgehead atoms. The first kappa shape index (κ1) is 16.7. The van der Waals surface area contributed by atoms with E-state index in [9.17, 15) is 0 Å². The predicted octanol–water partition coefficient (Wildman–Crippen LogP) is 1.44. The predicted molar refractivity (Wildman–Crippen MR) is 94.4 cm³/mol. The second-order valence-corrected chi connectivity index (χ2v) is 7.72. The summed E-state index contributed by atoms with van der Waals surface area (Å²) in [5.41, 5.74) is 1.38. The van der Waals surface area contributed by atoms with Crippen LogP contribution in [0.15, 0.2) is 12.1 Å². The van der Waals surface area contributed by atoms with Crippen LogP contribution in [0.4, 0.5) is 5.82 Å². The minimum Gasteiger partial charge on any atom is -0.399 e.